The summed E-state index contributed by atoms with van der Waals surface area (Å²) in [6.07, 6.45) is 7.35. The summed E-state index contributed by atoms with van der Waals surface area (Å²) >= 11 is 1.91. The van der Waals surface area contributed by atoms with Crippen molar-refractivity contribution >= 4 is 63.8 Å². The number of hydrogen-bond acceptors (Lipinski definition) is 1. The molecule has 4 saturated carbocycles. The van der Waals surface area contributed by atoms with Gasteiger partial charge in [0.05, 0.1) is 0 Å². The summed E-state index contributed by atoms with van der Waals surface area (Å²) < 4.78 is 2.70. The highest BCUT2D eigenvalue weighted by Crippen LogP contribution is 2.64. The lowest BCUT2D eigenvalue weighted by Crippen LogP contribution is -2.47. The highest BCUT2D eigenvalue weighted by molar-refractivity contribution is 7.25. The van der Waals surface area contributed by atoms with E-state index in [-0.39, 0.29) is 0 Å². The Kier molecular flexibility index (Phi) is 6.22. The maximum absolute atomic E-state index is 2.61. The fourth-order valence-corrected chi connectivity index (χ4v) is 14.0. The van der Waals surface area contributed by atoms with Gasteiger partial charge in [0.15, 0.2) is 0 Å². The minimum atomic E-state index is 0.500. The topological polar surface area (TPSA) is 0 Å². The van der Waals surface area contributed by atoms with Crippen molar-refractivity contribution in [1.82, 2.24) is 0 Å². The third-order valence-electron chi connectivity index (χ3n) is 14.5. The second kappa shape index (κ2) is 11.2. The first-order valence-electron chi connectivity index (χ1n) is 20.3. The number of benzene rings is 8. The first-order chi connectivity index (χ1) is 26.8. The number of thiophene rings is 1. The van der Waals surface area contributed by atoms with Gasteiger partial charge in [0.1, 0.15) is 0 Å². The van der Waals surface area contributed by atoms with E-state index in [0.717, 1.165) is 29.6 Å². The summed E-state index contributed by atoms with van der Waals surface area (Å²) in [6.45, 7) is 0. The lowest BCUT2D eigenvalue weighted by molar-refractivity contribution is -0.0424. The van der Waals surface area contributed by atoms with Crippen LogP contribution >= 0.6 is 11.3 Å². The molecular weight excluding hydrogens is 669 g/mol. The van der Waals surface area contributed by atoms with Crippen LogP contribution in [-0.2, 0) is 0 Å². The smallest absolute Gasteiger partial charge is 0.0361 e. The monoisotopic (exact) mass is 708 g/mol. The predicted molar refractivity (Wildman–Crippen MR) is 231 cm³/mol. The van der Waals surface area contributed by atoms with Gasteiger partial charge in [-0.05, 0) is 157 Å². The average Bonchev–Trinajstić information content (AvgIpc) is 3.75. The Bertz CT molecular complexity index is 2950. The zero-order chi connectivity index (χ0) is 35.1. The van der Waals surface area contributed by atoms with Gasteiger partial charge in [-0.15, -0.1) is 11.3 Å². The van der Waals surface area contributed by atoms with Gasteiger partial charge in [0, 0.05) is 26.1 Å². The molecule has 1 aromatic heterocycles. The Morgan fingerprint density at radius 2 is 1.00 bits per heavy atom. The molecule has 258 valence electrons. The second-order valence-electron chi connectivity index (χ2n) is 17.2. The maximum Gasteiger partial charge on any atom is 0.0361 e. The third-order valence-corrected chi connectivity index (χ3v) is 15.7. The van der Waals surface area contributed by atoms with E-state index in [4.69, 9.17) is 0 Å². The molecule has 14 rings (SSSR count). The molecule has 0 radical (unpaired) electrons. The summed E-state index contributed by atoms with van der Waals surface area (Å²) in [7, 11) is 0. The number of hydrogen-bond donors (Lipinski definition) is 0. The Morgan fingerprint density at radius 3 is 1.72 bits per heavy atom. The normalized spacial score (nSPS) is 23.9. The molecule has 0 spiro atoms. The van der Waals surface area contributed by atoms with E-state index in [1.807, 2.05) is 11.3 Å². The third kappa shape index (κ3) is 4.09. The van der Waals surface area contributed by atoms with Gasteiger partial charge < -0.3 is 0 Å². The lowest BCUT2D eigenvalue weighted by atomic mass is 9.49. The molecule has 54 heavy (non-hydrogen) atoms. The fraction of sp³-hybridized carbons (Fsp3) is 0.208. The Labute approximate surface area is 320 Å². The zero-order valence-electron chi connectivity index (χ0n) is 30.3. The van der Waals surface area contributed by atoms with Gasteiger partial charge in [-0.25, -0.2) is 0 Å². The highest BCUT2D eigenvalue weighted by atomic mass is 32.1. The van der Waals surface area contributed by atoms with Crippen molar-refractivity contribution < 1.29 is 0 Å². The summed E-state index contributed by atoms with van der Waals surface area (Å²) in [4.78, 5) is 0. The second-order valence-corrected chi connectivity index (χ2v) is 18.2. The van der Waals surface area contributed by atoms with Gasteiger partial charge >= 0.3 is 0 Å². The van der Waals surface area contributed by atoms with Crippen LogP contribution in [0.15, 0.2) is 146 Å². The van der Waals surface area contributed by atoms with Gasteiger partial charge in [-0.1, -0.05) is 127 Å². The van der Waals surface area contributed by atoms with Crippen molar-refractivity contribution in [3.05, 3.63) is 157 Å². The van der Waals surface area contributed by atoms with Crippen molar-refractivity contribution in [3.8, 4) is 33.4 Å². The maximum atomic E-state index is 2.61. The molecule has 0 amide bonds. The summed E-state index contributed by atoms with van der Waals surface area (Å²) in [5.74, 6) is 4.99. The van der Waals surface area contributed by atoms with E-state index < -0.39 is 0 Å². The van der Waals surface area contributed by atoms with Crippen LogP contribution in [0.1, 0.15) is 49.1 Å². The van der Waals surface area contributed by atoms with Gasteiger partial charge in [0.2, 0.25) is 0 Å². The van der Waals surface area contributed by atoms with Crippen LogP contribution in [0.2, 0.25) is 0 Å². The van der Waals surface area contributed by atoms with E-state index in [1.165, 1.54) is 118 Å². The Balaban J connectivity index is 1.07. The number of rotatable bonds is 3. The molecule has 8 aromatic carbocycles. The van der Waals surface area contributed by atoms with Crippen LogP contribution in [0.4, 0.5) is 0 Å². The predicted octanol–water partition coefficient (Wildman–Crippen LogP) is 15.0. The quantitative estimate of drug-likeness (QED) is 0.160. The number of fused-ring (bicyclic) bond motifs is 10. The van der Waals surface area contributed by atoms with Crippen LogP contribution in [0.25, 0.3) is 85.9 Å². The average molecular weight is 709 g/mol. The summed E-state index contributed by atoms with van der Waals surface area (Å²) in [6, 6.07) is 56.1. The van der Waals surface area contributed by atoms with Crippen LogP contribution < -0.4 is 0 Å². The van der Waals surface area contributed by atoms with Gasteiger partial charge in [0.25, 0.3) is 0 Å². The van der Waals surface area contributed by atoms with E-state index in [2.05, 4.69) is 146 Å². The molecule has 0 N–H and O–H groups in total. The lowest BCUT2D eigenvalue weighted by Gasteiger charge is -2.56. The van der Waals surface area contributed by atoms with Gasteiger partial charge in [-0.3, -0.25) is 0 Å². The standard InChI is InChI=1S/C53H40S/c1-2-11-36-32(10-1)20-23-44-50(36)45-29-33(21-22-41(45)53(44)48-34-25-30-24-31(27-34)28-35(48)26-30)49-37-12-3-5-14-39(37)51(40-15-6-4-13-38(40)49)43-17-9-19-47-52(43)42-16-7-8-18-46(42)54-47/h1-23,29-31,34-35,48,53H,24-28H2. The van der Waals surface area contributed by atoms with E-state index >= 15 is 0 Å². The first-order valence-corrected chi connectivity index (χ1v) is 21.1. The molecule has 9 aromatic rings. The first kappa shape index (κ1) is 30.1. The van der Waals surface area contributed by atoms with Crippen LogP contribution in [-0.4, -0.2) is 0 Å². The molecule has 1 heterocycles. The SMILES string of the molecule is c1ccc2c3c(ccc2c1)C(C1C2CC4CC(C2)CC1C4)c1ccc(-c2c4ccccc4c(-c4cccc5sc6ccccc6c45)c4ccccc24)cc1-3. The zero-order valence-corrected chi connectivity index (χ0v) is 31.1. The van der Waals surface area contributed by atoms with Crippen molar-refractivity contribution in [3.63, 3.8) is 0 Å². The van der Waals surface area contributed by atoms with E-state index in [9.17, 15) is 0 Å². The molecule has 5 aliphatic carbocycles. The molecule has 1 atom stereocenters. The molecule has 4 fully saturated rings. The van der Waals surface area contributed by atoms with E-state index in [0.29, 0.717) is 5.92 Å². The summed E-state index contributed by atoms with van der Waals surface area (Å²) in [5.41, 5.74) is 11.5. The Morgan fingerprint density at radius 1 is 0.407 bits per heavy atom. The molecule has 5 aliphatic rings. The Hall–Kier alpha value is -5.24. The molecular formula is C53H40S. The molecule has 4 bridgehead atoms. The van der Waals surface area contributed by atoms with Crippen LogP contribution in [0, 0.1) is 29.6 Å². The molecule has 1 heteroatoms. The fourth-order valence-electron chi connectivity index (χ4n) is 12.9. The van der Waals surface area contributed by atoms with Crippen molar-refractivity contribution in [2.75, 3.05) is 0 Å². The van der Waals surface area contributed by atoms with Crippen molar-refractivity contribution in [2.45, 2.75) is 38.0 Å². The van der Waals surface area contributed by atoms with Gasteiger partial charge in [-0.2, -0.15) is 0 Å². The van der Waals surface area contributed by atoms with Crippen LogP contribution in [0.5, 0.6) is 0 Å². The van der Waals surface area contributed by atoms with Crippen LogP contribution in [0.3, 0.4) is 0 Å². The van der Waals surface area contributed by atoms with E-state index in [1.54, 1.807) is 11.1 Å². The highest BCUT2D eigenvalue weighted by Gasteiger charge is 2.52. The molecule has 1 unspecified atom stereocenters. The van der Waals surface area contributed by atoms with Crippen molar-refractivity contribution in [2.24, 2.45) is 29.6 Å². The minimum Gasteiger partial charge on any atom is -0.135 e. The minimum absolute atomic E-state index is 0.500. The van der Waals surface area contributed by atoms with Crippen molar-refractivity contribution in [1.29, 1.82) is 0 Å². The summed E-state index contributed by atoms with van der Waals surface area (Å²) in [5, 5.41) is 10.8. The molecule has 0 saturated heterocycles. The molecule has 0 nitrogen and oxygen atoms in total. The largest absolute Gasteiger partial charge is 0.135 e. The molecule has 0 aliphatic heterocycles.